The summed E-state index contributed by atoms with van der Waals surface area (Å²) in [7, 11) is 0. The molecule has 30 heavy (non-hydrogen) atoms. The number of anilines is 1. The molecule has 0 aliphatic heterocycles. The number of halogens is 2. The third-order valence-electron chi connectivity index (χ3n) is 4.96. The number of aromatic nitrogens is 1. The number of nitriles is 1. The Labute approximate surface area is 195 Å². The molecule has 2 aromatic carbocycles. The van der Waals surface area contributed by atoms with Crippen molar-refractivity contribution in [2.24, 2.45) is 0 Å². The maximum absolute atomic E-state index is 12.6. The standard InChI is InChI=1S/C24H21ClIN3O/c1-14-5-6-20(12-22(14)25)28-24(30)19(13-27)11-18-10-16(3)29(17(18)4)21-7-8-23(26)15(2)9-21/h5-12H,1-4H3,(H,28,30)/b19-11+. The number of carbonyl (C=O) groups excluding carboxylic acids is 1. The zero-order valence-electron chi connectivity index (χ0n) is 17.2. The Morgan fingerprint density at radius 3 is 2.47 bits per heavy atom. The van der Waals surface area contributed by atoms with Gasteiger partial charge >= 0.3 is 0 Å². The average molecular weight is 530 g/mol. The second-order valence-corrected chi connectivity index (χ2v) is 8.75. The minimum absolute atomic E-state index is 0.0331. The summed E-state index contributed by atoms with van der Waals surface area (Å²) in [6.45, 7) is 7.96. The maximum atomic E-state index is 12.6. The van der Waals surface area contributed by atoms with E-state index >= 15 is 0 Å². The van der Waals surface area contributed by atoms with Crippen LogP contribution in [0.15, 0.2) is 48.0 Å². The van der Waals surface area contributed by atoms with E-state index in [1.165, 1.54) is 9.13 Å². The van der Waals surface area contributed by atoms with Crippen molar-refractivity contribution in [3.63, 3.8) is 0 Å². The average Bonchev–Trinajstić information content (AvgIpc) is 2.98. The molecule has 4 nitrogen and oxygen atoms in total. The minimum Gasteiger partial charge on any atom is -0.321 e. The van der Waals surface area contributed by atoms with Crippen molar-refractivity contribution in [2.75, 3.05) is 5.32 Å². The van der Waals surface area contributed by atoms with Gasteiger partial charge in [0.15, 0.2) is 0 Å². The number of rotatable bonds is 4. The van der Waals surface area contributed by atoms with E-state index < -0.39 is 5.91 Å². The van der Waals surface area contributed by atoms with Gasteiger partial charge in [-0.05, 0) is 109 Å². The van der Waals surface area contributed by atoms with Gasteiger partial charge in [-0.3, -0.25) is 4.79 Å². The molecule has 3 rings (SSSR count). The molecule has 0 aliphatic carbocycles. The SMILES string of the molecule is Cc1ccc(NC(=O)/C(C#N)=C/c2cc(C)n(-c3ccc(I)c(C)c3)c2C)cc1Cl. The summed E-state index contributed by atoms with van der Waals surface area (Å²) in [5.74, 6) is -0.465. The van der Waals surface area contributed by atoms with Gasteiger partial charge in [-0.1, -0.05) is 17.7 Å². The van der Waals surface area contributed by atoms with Gasteiger partial charge < -0.3 is 9.88 Å². The number of hydrogen-bond acceptors (Lipinski definition) is 2. The van der Waals surface area contributed by atoms with Crippen LogP contribution in [0.4, 0.5) is 5.69 Å². The van der Waals surface area contributed by atoms with Crippen LogP contribution in [0.2, 0.25) is 5.02 Å². The molecule has 1 heterocycles. The van der Waals surface area contributed by atoms with E-state index in [-0.39, 0.29) is 5.57 Å². The van der Waals surface area contributed by atoms with Gasteiger partial charge in [0, 0.05) is 31.4 Å². The largest absolute Gasteiger partial charge is 0.321 e. The lowest BCUT2D eigenvalue weighted by Gasteiger charge is -2.11. The molecule has 0 saturated carbocycles. The molecule has 152 valence electrons. The topological polar surface area (TPSA) is 57.8 Å². The molecule has 6 heteroatoms. The molecular formula is C24H21ClIN3O. The zero-order chi connectivity index (χ0) is 22.0. The summed E-state index contributed by atoms with van der Waals surface area (Å²) < 4.78 is 3.33. The van der Waals surface area contributed by atoms with Crippen molar-refractivity contribution in [2.45, 2.75) is 27.7 Å². The molecular weight excluding hydrogens is 509 g/mol. The van der Waals surface area contributed by atoms with E-state index in [9.17, 15) is 10.1 Å². The molecule has 1 N–H and O–H groups in total. The minimum atomic E-state index is -0.465. The second-order valence-electron chi connectivity index (χ2n) is 7.18. The van der Waals surface area contributed by atoms with Crippen molar-refractivity contribution >= 4 is 51.9 Å². The van der Waals surface area contributed by atoms with Crippen LogP contribution in [0.3, 0.4) is 0 Å². The quantitative estimate of drug-likeness (QED) is 0.238. The van der Waals surface area contributed by atoms with Crippen molar-refractivity contribution in [3.8, 4) is 11.8 Å². The lowest BCUT2D eigenvalue weighted by molar-refractivity contribution is -0.112. The first-order chi connectivity index (χ1) is 14.2. The van der Waals surface area contributed by atoms with Crippen LogP contribution in [-0.2, 0) is 4.79 Å². The molecule has 3 aromatic rings. The first-order valence-electron chi connectivity index (χ1n) is 9.36. The zero-order valence-corrected chi connectivity index (χ0v) is 20.1. The number of nitrogens with zero attached hydrogens (tertiary/aromatic N) is 2. The van der Waals surface area contributed by atoms with Crippen LogP contribution in [0.25, 0.3) is 11.8 Å². The van der Waals surface area contributed by atoms with Gasteiger partial charge in [-0.15, -0.1) is 0 Å². The van der Waals surface area contributed by atoms with E-state index in [0.29, 0.717) is 10.7 Å². The second kappa shape index (κ2) is 9.07. The lowest BCUT2D eigenvalue weighted by atomic mass is 10.1. The van der Waals surface area contributed by atoms with Crippen LogP contribution in [-0.4, -0.2) is 10.5 Å². The number of amides is 1. The Hall–Kier alpha value is -2.56. The smallest absolute Gasteiger partial charge is 0.266 e. The number of benzene rings is 2. The summed E-state index contributed by atoms with van der Waals surface area (Å²) in [6.07, 6.45) is 1.63. The number of carbonyl (C=O) groups is 1. The highest BCUT2D eigenvalue weighted by Gasteiger charge is 2.15. The molecule has 0 spiro atoms. The summed E-state index contributed by atoms with van der Waals surface area (Å²) in [4.78, 5) is 12.6. The highest BCUT2D eigenvalue weighted by Crippen LogP contribution is 2.25. The predicted molar refractivity (Wildman–Crippen MR) is 131 cm³/mol. The Kier molecular flexibility index (Phi) is 6.69. The van der Waals surface area contributed by atoms with Crippen molar-refractivity contribution < 1.29 is 4.79 Å². The lowest BCUT2D eigenvalue weighted by Crippen LogP contribution is -2.13. The summed E-state index contributed by atoms with van der Waals surface area (Å²) in [5.41, 5.74) is 6.59. The highest BCUT2D eigenvalue weighted by molar-refractivity contribution is 14.1. The van der Waals surface area contributed by atoms with E-state index in [1.54, 1.807) is 18.2 Å². The molecule has 0 fully saturated rings. The molecule has 0 atom stereocenters. The normalized spacial score (nSPS) is 11.3. The van der Waals surface area contributed by atoms with Gasteiger partial charge in [0.1, 0.15) is 11.6 Å². The summed E-state index contributed by atoms with van der Waals surface area (Å²) in [5, 5.41) is 12.9. The predicted octanol–water partition coefficient (Wildman–Crippen LogP) is 6.51. The Balaban J connectivity index is 1.94. The third-order valence-corrected chi connectivity index (χ3v) is 6.58. The van der Waals surface area contributed by atoms with Crippen LogP contribution in [0.1, 0.15) is 28.1 Å². The molecule has 0 radical (unpaired) electrons. The molecule has 0 saturated heterocycles. The van der Waals surface area contributed by atoms with Gasteiger partial charge in [0.2, 0.25) is 0 Å². The summed E-state index contributed by atoms with van der Waals surface area (Å²) in [6, 6.07) is 15.5. The number of hydrogen-bond donors (Lipinski definition) is 1. The summed E-state index contributed by atoms with van der Waals surface area (Å²) >= 11 is 8.44. The van der Waals surface area contributed by atoms with Crippen LogP contribution in [0.5, 0.6) is 0 Å². The van der Waals surface area contributed by atoms with Gasteiger partial charge in [0.25, 0.3) is 5.91 Å². The number of aryl methyl sites for hydroxylation is 3. The van der Waals surface area contributed by atoms with Gasteiger partial charge in [-0.2, -0.15) is 5.26 Å². The van der Waals surface area contributed by atoms with Crippen molar-refractivity contribution in [1.29, 1.82) is 5.26 Å². The van der Waals surface area contributed by atoms with Crippen LogP contribution in [0, 0.1) is 42.6 Å². The van der Waals surface area contributed by atoms with E-state index in [2.05, 4.69) is 57.6 Å². The first kappa shape index (κ1) is 22.1. The van der Waals surface area contributed by atoms with E-state index in [1.807, 2.05) is 39.0 Å². The van der Waals surface area contributed by atoms with Crippen molar-refractivity contribution in [1.82, 2.24) is 4.57 Å². The molecule has 0 aliphatic rings. The Morgan fingerprint density at radius 1 is 1.10 bits per heavy atom. The third kappa shape index (κ3) is 4.61. The fourth-order valence-electron chi connectivity index (χ4n) is 3.27. The maximum Gasteiger partial charge on any atom is 0.266 e. The highest BCUT2D eigenvalue weighted by atomic mass is 127. The van der Waals surface area contributed by atoms with E-state index in [0.717, 1.165) is 28.2 Å². The molecule has 1 amide bonds. The fourth-order valence-corrected chi connectivity index (χ4v) is 3.79. The fraction of sp³-hybridized carbons (Fsp3) is 0.167. The monoisotopic (exact) mass is 529 g/mol. The van der Waals surface area contributed by atoms with Gasteiger partial charge in [0.05, 0.1) is 0 Å². The van der Waals surface area contributed by atoms with Gasteiger partial charge in [-0.25, -0.2) is 0 Å². The van der Waals surface area contributed by atoms with Crippen LogP contribution < -0.4 is 5.32 Å². The van der Waals surface area contributed by atoms with E-state index in [4.69, 9.17) is 11.6 Å². The Bertz CT molecular complexity index is 1220. The molecule has 0 unspecified atom stereocenters. The molecule has 0 bridgehead atoms. The first-order valence-corrected chi connectivity index (χ1v) is 10.8. The Morgan fingerprint density at radius 2 is 1.83 bits per heavy atom. The van der Waals surface area contributed by atoms with Crippen LogP contribution >= 0.6 is 34.2 Å². The van der Waals surface area contributed by atoms with Crippen molar-refractivity contribution in [3.05, 3.63) is 84.7 Å². The molecule has 1 aromatic heterocycles. The number of nitrogens with one attached hydrogen (secondary N) is 1.